The molecule has 0 radical (unpaired) electrons. The lowest BCUT2D eigenvalue weighted by atomic mass is 9.86. The molecular formula is C16H28N2O3. The van der Waals surface area contributed by atoms with Gasteiger partial charge < -0.3 is 15.0 Å². The number of carbonyl (C=O) groups excluding carboxylic acids is 2. The third-order valence-corrected chi connectivity index (χ3v) is 5.07. The van der Waals surface area contributed by atoms with Crippen LogP contribution in [0.2, 0.25) is 0 Å². The molecule has 2 amide bonds. The van der Waals surface area contributed by atoms with E-state index in [1.54, 1.807) is 0 Å². The molecule has 1 spiro atoms. The van der Waals surface area contributed by atoms with Crippen molar-refractivity contribution in [2.24, 2.45) is 5.92 Å². The molecule has 1 saturated heterocycles. The summed E-state index contributed by atoms with van der Waals surface area (Å²) in [5.74, 6) is 0.279. The molecule has 120 valence electrons. The van der Waals surface area contributed by atoms with Crippen molar-refractivity contribution in [1.82, 2.24) is 10.2 Å². The van der Waals surface area contributed by atoms with Gasteiger partial charge in [-0.2, -0.15) is 0 Å². The van der Waals surface area contributed by atoms with Crippen molar-refractivity contribution in [3.8, 4) is 0 Å². The van der Waals surface area contributed by atoms with Gasteiger partial charge in [-0.05, 0) is 25.7 Å². The summed E-state index contributed by atoms with van der Waals surface area (Å²) in [6, 6.07) is -0.379. The topological polar surface area (TPSA) is 58.6 Å². The van der Waals surface area contributed by atoms with E-state index in [1.807, 2.05) is 18.7 Å². The standard InChI is InChI=1S/C16H28N2O3/c1-4-12(3)13-14(19)18(10-11-21-5-2)16(15(20)17-13)8-6-7-9-16/h12-13H,4-11H2,1-3H3,(H,17,20). The highest BCUT2D eigenvalue weighted by Gasteiger charge is 2.54. The molecular weight excluding hydrogens is 268 g/mol. The lowest BCUT2D eigenvalue weighted by molar-refractivity contribution is -0.159. The summed E-state index contributed by atoms with van der Waals surface area (Å²) in [4.78, 5) is 27.4. The summed E-state index contributed by atoms with van der Waals surface area (Å²) in [5, 5.41) is 3.00. The highest BCUT2D eigenvalue weighted by molar-refractivity contribution is 6.00. The predicted molar refractivity (Wildman–Crippen MR) is 80.8 cm³/mol. The second-order valence-electron chi connectivity index (χ2n) is 6.26. The molecule has 0 bridgehead atoms. The average molecular weight is 296 g/mol. The zero-order valence-electron chi connectivity index (χ0n) is 13.5. The maximum Gasteiger partial charge on any atom is 0.246 e. The molecule has 1 aliphatic heterocycles. The van der Waals surface area contributed by atoms with E-state index < -0.39 is 5.54 Å². The summed E-state index contributed by atoms with van der Waals surface area (Å²) in [7, 11) is 0. The Kier molecular flexibility index (Phi) is 5.25. The molecule has 5 heteroatoms. The number of amides is 2. The average Bonchev–Trinajstić information content (AvgIpc) is 2.96. The van der Waals surface area contributed by atoms with E-state index in [2.05, 4.69) is 12.2 Å². The summed E-state index contributed by atoms with van der Waals surface area (Å²) in [6.07, 6.45) is 4.47. The van der Waals surface area contributed by atoms with Crippen LogP contribution in [0.3, 0.4) is 0 Å². The van der Waals surface area contributed by atoms with Crippen LogP contribution in [0.1, 0.15) is 52.9 Å². The summed E-state index contributed by atoms with van der Waals surface area (Å²) in [6.45, 7) is 7.68. The van der Waals surface area contributed by atoms with Gasteiger partial charge in [0, 0.05) is 13.2 Å². The van der Waals surface area contributed by atoms with E-state index in [0.717, 1.165) is 32.1 Å². The molecule has 2 unspecified atom stereocenters. The predicted octanol–water partition coefficient (Wildman–Crippen LogP) is 1.71. The SMILES string of the molecule is CCOCCN1C(=O)C(C(C)CC)NC(=O)C12CCCC2. The number of hydrogen-bond acceptors (Lipinski definition) is 3. The van der Waals surface area contributed by atoms with Crippen molar-refractivity contribution in [2.45, 2.75) is 64.5 Å². The Balaban J connectivity index is 2.21. The molecule has 0 aromatic heterocycles. The molecule has 21 heavy (non-hydrogen) atoms. The lowest BCUT2D eigenvalue weighted by Gasteiger charge is -2.47. The first kappa shape index (κ1) is 16.3. The Morgan fingerprint density at radius 1 is 1.33 bits per heavy atom. The summed E-state index contributed by atoms with van der Waals surface area (Å²) in [5.41, 5.74) is -0.613. The molecule has 1 heterocycles. The van der Waals surface area contributed by atoms with Gasteiger partial charge in [0.05, 0.1) is 6.61 Å². The zero-order valence-corrected chi connectivity index (χ0v) is 13.5. The van der Waals surface area contributed by atoms with E-state index >= 15 is 0 Å². The highest BCUT2D eigenvalue weighted by atomic mass is 16.5. The molecule has 2 atom stereocenters. The van der Waals surface area contributed by atoms with Gasteiger partial charge in [0.1, 0.15) is 11.6 Å². The van der Waals surface area contributed by atoms with Crippen LogP contribution in [0, 0.1) is 5.92 Å². The highest BCUT2D eigenvalue weighted by Crippen LogP contribution is 2.38. The third kappa shape index (κ3) is 2.93. The fourth-order valence-corrected chi connectivity index (χ4v) is 3.54. The minimum atomic E-state index is -0.613. The second kappa shape index (κ2) is 6.77. The van der Waals surface area contributed by atoms with Crippen LogP contribution < -0.4 is 5.32 Å². The number of nitrogens with one attached hydrogen (secondary N) is 1. The molecule has 5 nitrogen and oxygen atoms in total. The van der Waals surface area contributed by atoms with Crippen molar-refractivity contribution in [2.75, 3.05) is 19.8 Å². The van der Waals surface area contributed by atoms with Crippen molar-refractivity contribution < 1.29 is 14.3 Å². The van der Waals surface area contributed by atoms with Gasteiger partial charge in [-0.3, -0.25) is 9.59 Å². The zero-order chi connectivity index (χ0) is 15.5. The minimum absolute atomic E-state index is 0.0430. The fraction of sp³-hybridized carbons (Fsp3) is 0.875. The van der Waals surface area contributed by atoms with E-state index in [0.29, 0.717) is 19.8 Å². The van der Waals surface area contributed by atoms with Crippen LogP contribution in [-0.2, 0) is 14.3 Å². The molecule has 1 saturated carbocycles. The van der Waals surface area contributed by atoms with Crippen LogP contribution >= 0.6 is 0 Å². The molecule has 1 aliphatic carbocycles. The number of nitrogens with zero attached hydrogens (tertiary/aromatic N) is 1. The molecule has 0 aromatic rings. The van der Waals surface area contributed by atoms with Crippen molar-refractivity contribution >= 4 is 11.8 Å². The molecule has 2 rings (SSSR count). The number of rotatable bonds is 6. The molecule has 2 fully saturated rings. The largest absolute Gasteiger partial charge is 0.380 e. The maximum absolute atomic E-state index is 12.9. The first-order valence-electron chi connectivity index (χ1n) is 8.27. The third-order valence-electron chi connectivity index (χ3n) is 5.07. The van der Waals surface area contributed by atoms with Crippen molar-refractivity contribution in [3.63, 3.8) is 0 Å². The Bertz CT molecular complexity index is 391. The van der Waals surface area contributed by atoms with E-state index in [-0.39, 0.29) is 23.8 Å². The Hall–Kier alpha value is -1.10. The lowest BCUT2D eigenvalue weighted by Crippen LogP contribution is -2.71. The van der Waals surface area contributed by atoms with Crippen LogP contribution in [-0.4, -0.2) is 48.1 Å². The number of hydrogen-bond donors (Lipinski definition) is 1. The molecule has 2 aliphatic rings. The van der Waals surface area contributed by atoms with E-state index in [4.69, 9.17) is 4.74 Å². The summed E-state index contributed by atoms with van der Waals surface area (Å²) < 4.78 is 5.42. The number of ether oxygens (including phenoxy) is 1. The van der Waals surface area contributed by atoms with Gasteiger partial charge in [-0.1, -0.05) is 33.1 Å². The smallest absolute Gasteiger partial charge is 0.246 e. The van der Waals surface area contributed by atoms with Gasteiger partial charge in [-0.25, -0.2) is 0 Å². The van der Waals surface area contributed by atoms with Crippen LogP contribution in [0.5, 0.6) is 0 Å². The molecule has 0 aromatic carbocycles. The number of carbonyl (C=O) groups is 2. The first-order chi connectivity index (χ1) is 10.1. The van der Waals surface area contributed by atoms with Gasteiger partial charge in [-0.15, -0.1) is 0 Å². The fourth-order valence-electron chi connectivity index (χ4n) is 3.54. The quantitative estimate of drug-likeness (QED) is 0.759. The minimum Gasteiger partial charge on any atom is -0.380 e. The Morgan fingerprint density at radius 3 is 2.57 bits per heavy atom. The monoisotopic (exact) mass is 296 g/mol. The van der Waals surface area contributed by atoms with Gasteiger partial charge in [0.15, 0.2) is 0 Å². The Morgan fingerprint density at radius 2 is 2.00 bits per heavy atom. The van der Waals surface area contributed by atoms with Crippen molar-refractivity contribution in [1.29, 1.82) is 0 Å². The van der Waals surface area contributed by atoms with Gasteiger partial charge in [0.2, 0.25) is 11.8 Å². The van der Waals surface area contributed by atoms with Gasteiger partial charge in [0.25, 0.3) is 0 Å². The summed E-state index contributed by atoms with van der Waals surface area (Å²) >= 11 is 0. The maximum atomic E-state index is 12.9. The van der Waals surface area contributed by atoms with E-state index in [1.165, 1.54) is 0 Å². The van der Waals surface area contributed by atoms with Crippen molar-refractivity contribution in [3.05, 3.63) is 0 Å². The first-order valence-corrected chi connectivity index (χ1v) is 8.27. The van der Waals surface area contributed by atoms with Crippen LogP contribution in [0.4, 0.5) is 0 Å². The normalized spacial score (nSPS) is 26.2. The van der Waals surface area contributed by atoms with E-state index in [9.17, 15) is 9.59 Å². The number of piperazine rings is 1. The Labute approximate surface area is 127 Å². The second-order valence-corrected chi connectivity index (χ2v) is 6.26. The van der Waals surface area contributed by atoms with Gasteiger partial charge >= 0.3 is 0 Å². The molecule has 1 N–H and O–H groups in total. The van der Waals surface area contributed by atoms with Crippen LogP contribution in [0.25, 0.3) is 0 Å². The van der Waals surface area contributed by atoms with Crippen LogP contribution in [0.15, 0.2) is 0 Å².